The molecule has 6 heteroatoms. The van der Waals surface area contributed by atoms with Crippen molar-refractivity contribution in [2.24, 2.45) is 5.41 Å². The van der Waals surface area contributed by atoms with E-state index in [1.54, 1.807) is 19.4 Å². The molecule has 0 saturated carbocycles. The van der Waals surface area contributed by atoms with Gasteiger partial charge in [-0.25, -0.2) is 0 Å². The van der Waals surface area contributed by atoms with Crippen molar-refractivity contribution >= 4 is 0 Å². The lowest BCUT2D eigenvalue weighted by Gasteiger charge is -2.41. The molecule has 22 heavy (non-hydrogen) atoms. The molecular weight excluding hydrogens is 284 g/mol. The van der Waals surface area contributed by atoms with Crippen molar-refractivity contribution in [3.05, 3.63) is 28.2 Å². The van der Waals surface area contributed by atoms with Crippen molar-refractivity contribution < 1.29 is 14.6 Å². The van der Waals surface area contributed by atoms with E-state index in [2.05, 4.69) is 9.88 Å². The number of hydrogen-bond acceptors (Lipinski definition) is 5. The molecule has 0 aliphatic carbocycles. The van der Waals surface area contributed by atoms with Crippen LogP contribution in [0.5, 0.6) is 5.75 Å². The van der Waals surface area contributed by atoms with E-state index in [0.717, 1.165) is 38.0 Å². The summed E-state index contributed by atoms with van der Waals surface area (Å²) in [5, 5.41) is 9.81. The van der Waals surface area contributed by atoms with Crippen LogP contribution in [0.1, 0.15) is 25.0 Å². The molecular formula is C16H26N2O4. The number of likely N-dealkylation sites (tertiary alicyclic amines) is 1. The lowest BCUT2D eigenvalue weighted by Crippen LogP contribution is -2.45. The van der Waals surface area contributed by atoms with Crippen molar-refractivity contribution in [1.82, 2.24) is 9.88 Å². The van der Waals surface area contributed by atoms with Crippen molar-refractivity contribution in [2.75, 3.05) is 40.5 Å². The summed E-state index contributed by atoms with van der Waals surface area (Å²) in [6.07, 6.45) is 4.52. The molecule has 1 atom stereocenters. The second-order valence-corrected chi connectivity index (χ2v) is 6.11. The van der Waals surface area contributed by atoms with Gasteiger partial charge in [-0.15, -0.1) is 0 Å². The fraction of sp³-hybridized carbons (Fsp3) is 0.688. The van der Waals surface area contributed by atoms with Gasteiger partial charge in [0.15, 0.2) is 5.75 Å². The predicted octanol–water partition coefficient (Wildman–Crippen LogP) is 0.994. The van der Waals surface area contributed by atoms with Gasteiger partial charge in [-0.2, -0.15) is 0 Å². The van der Waals surface area contributed by atoms with Gasteiger partial charge in [0.05, 0.1) is 13.7 Å². The number of hydrogen-bond donors (Lipinski definition) is 2. The van der Waals surface area contributed by atoms with E-state index in [1.165, 1.54) is 7.11 Å². The maximum Gasteiger partial charge on any atom is 0.223 e. The molecule has 0 aromatic carbocycles. The zero-order valence-corrected chi connectivity index (χ0v) is 13.4. The highest BCUT2D eigenvalue weighted by atomic mass is 16.5. The van der Waals surface area contributed by atoms with E-state index >= 15 is 0 Å². The van der Waals surface area contributed by atoms with Gasteiger partial charge in [0.25, 0.3) is 0 Å². The molecule has 2 N–H and O–H groups in total. The number of rotatable bonds is 7. The SMILES string of the molecule is COCC[C@]1(CO)CCCN(Cc2cc(=O)c(OC)c[nH]2)C1. The number of pyridine rings is 1. The first-order valence-electron chi connectivity index (χ1n) is 7.70. The van der Waals surface area contributed by atoms with Crippen LogP contribution >= 0.6 is 0 Å². The minimum absolute atomic E-state index is 0.0962. The molecule has 1 aliphatic heterocycles. The summed E-state index contributed by atoms with van der Waals surface area (Å²) in [6, 6.07) is 1.59. The highest BCUT2D eigenvalue weighted by Gasteiger charge is 2.34. The van der Waals surface area contributed by atoms with Crippen LogP contribution in [0.4, 0.5) is 0 Å². The molecule has 6 nitrogen and oxygen atoms in total. The Labute approximate surface area is 131 Å². The Morgan fingerprint density at radius 3 is 2.91 bits per heavy atom. The minimum atomic E-state index is -0.110. The Bertz CT molecular complexity index is 531. The number of aromatic nitrogens is 1. The number of methoxy groups -OCH3 is 2. The van der Waals surface area contributed by atoms with E-state index in [-0.39, 0.29) is 17.5 Å². The molecule has 0 spiro atoms. The van der Waals surface area contributed by atoms with Crippen LogP contribution in [-0.4, -0.2) is 55.5 Å². The fourth-order valence-electron chi connectivity index (χ4n) is 3.17. The number of H-pyrrole nitrogens is 1. The molecule has 2 heterocycles. The highest BCUT2D eigenvalue weighted by molar-refractivity contribution is 5.20. The van der Waals surface area contributed by atoms with Crippen molar-refractivity contribution in [3.63, 3.8) is 0 Å². The van der Waals surface area contributed by atoms with Crippen molar-refractivity contribution in [2.45, 2.75) is 25.8 Å². The number of aromatic amines is 1. The van der Waals surface area contributed by atoms with E-state index < -0.39 is 0 Å². The molecule has 124 valence electrons. The van der Waals surface area contributed by atoms with Gasteiger partial charge in [0, 0.05) is 50.2 Å². The van der Waals surface area contributed by atoms with Gasteiger partial charge in [0.1, 0.15) is 0 Å². The summed E-state index contributed by atoms with van der Waals surface area (Å²) < 4.78 is 10.2. The smallest absolute Gasteiger partial charge is 0.223 e. The summed E-state index contributed by atoms with van der Waals surface area (Å²) in [5.74, 6) is 0.326. The van der Waals surface area contributed by atoms with Crippen LogP contribution in [0.2, 0.25) is 0 Å². The Kier molecular flexibility index (Phi) is 5.99. The molecule has 0 amide bonds. The van der Waals surface area contributed by atoms with E-state index in [9.17, 15) is 9.90 Å². The summed E-state index contributed by atoms with van der Waals surface area (Å²) in [7, 11) is 3.17. The second kappa shape index (κ2) is 7.76. The first kappa shape index (κ1) is 17.0. The van der Waals surface area contributed by atoms with Crippen molar-refractivity contribution in [1.29, 1.82) is 0 Å². The Hall–Kier alpha value is -1.37. The summed E-state index contributed by atoms with van der Waals surface area (Å²) >= 11 is 0. The molecule has 1 aliphatic rings. The standard InChI is InChI=1S/C16H26N2O4/c1-21-7-5-16(12-19)4-3-6-18(11-16)10-13-8-14(20)15(22-2)9-17-13/h8-9,19H,3-7,10-12H2,1-2H3,(H,17,20)/t16-/m1/s1. The second-order valence-electron chi connectivity index (χ2n) is 6.11. The lowest BCUT2D eigenvalue weighted by molar-refractivity contribution is 0.00436. The van der Waals surface area contributed by atoms with Gasteiger partial charge >= 0.3 is 0 Å². The maximum absolute atomic E-state index is 11.8. The van der Waals surface area contributed by atoms with E-state index in [1.807, 2.05) is 0 Å². The normalized spacial score (nSPS) is 22.7. The van der Waals surface area contributed by atoms with Crippen LogP contribution in [0.25, 0.3) is 0 Å². The number of ether oxygens (including phenoxy) is 2. The molecule has 1 aromatic rings. The number of nitrogens with one attached hydrogen (secondary N) is 1. The van der Waals surface area contributed by atoms with Crippen LogP contribution in [-0.2, 0) is 11.3 Å². The van der Waals surface area contributed by atoms with Gasteiger partial charge < -0.3 is 19.6 Å². The Balaban J connectivity index is 2.03. The third kappa shape index (κ3) is 4.09. The van der Waals surface area contributed by atoms with Crippen LogP contribution in [0.3, 0.4) is 0 Å². The fourth-order valence-corrected chi connectivity index (χ4v) is 3.17. The van der Waals surface area contributed by atoms with E-state index in [0.29, 0.717) is 18.9 Å². The van der Waals surface area contributed by atoms with Crippen molar-refractivity contribution in [3.8, 4) is 5.75 Å². The molecule has 0 radical (unpaired) electrons. The third-order valence-corrected chi connectivity index (χ3v) is 4.46. The molecule has 0 unspecified atom stereocenters. The highest BCUT2D eigenvalue weighted by Crippen LogP contribution is 2.33. The third-order valence-electron chi connectivity index (χ3n) is 4.46. The van der Waals surface area contributed by atoms with Gasteiger partial charge in [-0.3, -0.25) is 9.69 Å². The largest absolute Gasteiger partial charge is 0.491 e. The predicted molar refractivity (Wildman–Crippen MR) is 84.1 cm³/mol. The van der Waals surface area contributed by atoms with Crippen LogP contribution in [0, 0.1) is 5.41 Å². The first-order valence-corrected chi connectivity index (χ1v) is 7.70. The Morgan fingerprint density at radius 1 is 1.45 bits per heavy atom. The van der Waals surface area contributed by atoms with Crippen LogP contribution in [0.15, 0.2) is 17.1 Å². The molecule has 0 bridgehead atoms. The zero-order chi connectivity index (χ0) is 16.0. The maximum atomic E-state index is 11.8. The number of aliphatic hydroxyl groups excluding tert-OH is 1. The zero-order valence-electron chi connectivity index (χ0n) is 13.4. The number of piperidine rings is 1. The summed E-state index contributed by atoms with van der Waals surface area (Å²) in [6.45, 7) is 3.30. The van der Waals surface area contributed by atoms with Crippen LogP contribution < -0.4 is 10.2 Å². The molecule has 2 rings (SSSR count). The lowest BCUT2D eigenvalue weighted by atomic mass is 9.78. The minimum Gasteiger partial charge on any atom is -0.491 e. The molecule has 1 aromatic heterocycles. The summed E-state index contributed by atoms with van der Waals surface area (Å²) in [5.41, 5.74) is 0.661. The quantitative estimate of drug-likeness (QED) is 0.786. The average molecular weight is 310 g/mol. The number of nitrogens with zero attached hydrogens (tertiary/aromatic N) is 1. The van der Waals surface area contributed by atoms with Gasteiger partial charge in [-0.1, -0.05) is 0 Å². The monoisotopic (exact) mass is 310 g/mol. The Morgan fingerprint density at radius 2 is 2.27 bits per heavy atom. The topological polar surface area (TPSA) is 74.8 Å². The molecule has 1 saturated heterocycles. The van der Waals surface area contributed by atoms with Gasteiger partial charge in [0.2, 0.25) is 5.43 Å². The first-order chi connectivity index (χ1) is 10.6. The van der Waals surface area contributed by atoms with Gasteiger partial charge in [-0.05, 0) is 25.8 Å². The average Bonchev–Trinajstić information content (AvgIpc) is 2.53. The molecule has 1 fully saturated rings. The summed E-state index contributed by atoms with van der Waals surface area (Å²) in [4.78, 5) is 17.2. The number of aliphatic hydroxyl groups is 1. The van der Waals surface area contributed by atoms with E-state index in [4.69, 9.17) is 9.47 Å².